The molecule has 1 N–H and O–H groups in total. The average molecular weight is 326 g/mol. The third kappa shape index (κ3) is 2.42. The molecule has 1 aromatic heterocycles. The Labute approximate surface area is 133 Å². The highest BCUT2D eigenvalue weighted by Crippen LogP contribution is 2.44. The van der Waals surface area contributed by atoms with E-state index in [9.17, 15) is 13.6 Å². The van der Waals surface area contributed by atoms with Gasteiger partial charge < -0.3 is 14.8 Å². The number of fused-ring (bicyclic) bond motifs is 2. The van der Waals surface area contributed by atoms with Gasteiger partial charge in [-0.1, -0.05) is 19.9 Å². The Balaban J connectivity index is 2.07. The molecule has 2 aliphatic rings. The first-order chi connectivity index (χ1) is 11.0. The average Bonchev–Trinajstić information content (AvgIpc) is 2.51. The van der Waals surface area contributed by atoms with E-state index in [2.05, 4.69) is 15.0 Å². The van der Waals surface area contributed by atoms with Crippen LogP contribution in [0.3, 0.4) is 0 Å². The molecule has 7 heteroatoms. The minimum atomic E-state index is -2.84. The highest BCUT2D eigenvalue weighted by atomic mass is 19.3. The number of amides is 1. The molecule has 0 saturated carbocycles. The molecule has 5 nitrogen and oxygen atoms in total. The Morgan fingerprint density at radius 2 is 2.04 bits per heavy atom. The normalized spacial score (nSPS) is 21.0. The van der Waals surface area contributed by atoms with Crippen LogP contribution in [0.25, 0.3) is 0 Å². The van der Waals surface area contributed by atoms with E-state index in [1.165, 1.54) is 0 Å². The number of pyridine rings is 1. The molecule has 1 fully saturated rings. The lowest BCUT2D eigenvalue weighted by atomic mass is 9.68. The Bertz CT molecular complexity index is 613. The van der Waals surface area contributed by atoms with Crippen molar-refractivity contribution in [1.82, 2.24) is 10.3 Å². The van der Waals surface area contributed by atoms with Gasteiger partial charge in [0.25, 0.3) is 0 Å². The van der Waals surface area contributed by atoms with Gasteiger partial charge in [0.1, 0.15) is 5.54 Å². The number of nitrogens with zero attached hydrogens (tertiary/aromatic N) is 1. The summed E-state index contributed by atoms with van der Waals surface area (Å²) >= 11 is 0. The van der Waals surface area contributed by atoms with Crippen molar-refractivity contribution >= 4 is 5.91 Å². The second-order valence-electron chi connectivity index (χ2n) is 6.09. The second-order valence-corrected chi connectivity index (χ2v) is 6.09. The largest absolute Gasteiger partial charge is 0.376 e. The maximum absolute atomic E-state index is 12.8. The van der Waals surface area contributed by atoms with Crippen LogP contribution >= 0.6 is 0 Å². The van der Waals surface area contributed by atoms with Crippen molar-refractivity contribution in [2.75, 3.05) is 13.2 Å². The van der Waals surface area contributed by atoms with Crippen LogP contribution in [0, 0.1) is 0 Å². The highest BCUT2D eigenvalue weighted by Gasteiger charge is 2.55. The van der Waals surface area contributed by atoms with Crippen LogP contribution in [-0.2, 0) is 31.8 Å². The van der Waals surface area contributed by atoms with Gasteiger partial charge in [-0.25, -0.2) is 0 Å². The Kier molecular flexibility index (Phi) is 4.10. The van der Waals surface area contributed by atoms with E-state index in [1.54, 1.807) is 6.07 Å². The molecule has 23 heavy (non-hydrogen) atoms. The van der Waals surface area contributed by atoms with Crippen molar-refractivity contribution in [2.45, 2.75) is 50.9 Å². The SMILES string of the molecule is CCC1(CC)C(=O)NC2(COC2)c2ccc(COC(F)F)nc21. The third-order valence-corrected chi connectivity index (χ3v) is 4.97. The van der Waals surface area contributed by atoms with Gasteiger partial charge in [0.15, 0.2) is 0 Å². The maximum Gasteiger partial charge on any atom is 0.345 e. The molecule has 3 heterocycles. The van der Waals surface area contributed by atoms with Gasteiger partial charge in [-0.3, -0.25) is 9.78 Å². The smallest absolute Gasteiger partial charge is 0.345 e. The van der Waals surface area contributed by atoms with Crippen LogP contribution in [0.5, 0.6) is 0 Å². The number of rotatable bonds is 5. The van der Waals surface area contributed by atoms with Gasteiger partial charge >= 0.3 is 6.61 Å². The van der Waals surface area contributed by atoms with E-state index >= 15 is 0 Å². The van der Waals surface area contributed by atoms with E-state index in [0.29, 0.717) is 37.4 Å². The first kappa shape index (κ1) is 16.3. The molecule has 0 bridgehead atoms. The minimum absolute atomic E-state index is 0.0715. The molecule has 1 saturated heterocycles. The molecule has 1 spiro atoms. The van der Waals surface area contributed by atoms with Gasteiger partial charge in [-0.05, 0) is 18.9 Å². The van der Waals surface area contributed by atoms with Crippen molar-refractivity contribution in [2.24, 2.45) is 0 Å². The summed E-state index contributed by atoms with van der Waals surface area (Å²) in [7, 11) is 0. The predicted molar refractivity (Wildman–Crippen MR) is 77.9 cm³/mol. The number of aromatic nitrogens is 1. The second kappa shape index (κ2) is 5.79. The fourth-order valence-electron chi connectivity index (χ4n) is 3.43. The van der Waals surface area contributed by atoms with Gasteiger partial charge in [-0.2, -0.15) is 8.78 Å². The number of ether oxygens (including phenoxy) is 2. The summed E-state index contributed by atoms with van der Waals surface area (Å²) in [5, 5.41) is 3.09. The number of halogens is 2. The minimum Gasteiger partial charge on any atom is -0.376 e. The first-order valence-electron chi connectivity index (χ1n) is 7.78. The van der Waals surface area contributed by atoms with Gasteiger partial charge in [0.2, 0.25) is 5.91 Å². The standard InChI is InChI=1S/C16H20F2N2O3/c1-3-15(4-2)12-11(16(8-22-9-16)20-13(15)21)6-5-10(19-12)7-23-14(17)18/h5-6,14H,3-4,7-9H2,1-2H3,(H,20,21). The van der Waals surface area contributed by atoms with E-state index in [1.807, 2.05) is 19.9 Å². The fraction of sp³-hybridized carbons (Fsp3) is 0.625. The van der Waals surface area contributed by atoms with Crippen LogP contribution in [0.1, 0.15) is 43.6 Å². The molecule has 3 rings (SSSR count). The molecular weight excluding hydrogens is 306 g/mol. The quantitative estimate of drug-likeness (QED) is 0.901. The molecule has 0 unspecified atom stereocenters. The van der Waals surface area contributed by atoms with Crippen molar-refractivity contribution in [1.29, 1.82) is 0 Å². The number of hydrogen-bond donors (Lipinski definition) is 1. The van der Waals surface area contributed by atoms with Crippen molar-refractivity contribution < 1.29 is 23.0 Å². The molecule has 1 aromatic rings. The zero-order chi connectivity index (χ0) is 16.7. The molecule has 0 aliphatic carbocycles. The monoisotopic (exact) mass is 326 g/mol. The molecular formula is C16H20F2N2O3. The molecule has 2 aliphatic heterocycles. The van der Waals surface area contributed by atoms with E-state index < -0.39 is 17.6 Å². The zero-order valence-corrected chi connectivity index (χ0v) is 13.2. The van der Waals surface area contributed by atoms with Crippen molar-refractivity contribution in [3.63, 3.8) is 0 Å². The lowest BCUT2D eigenvalue weighted by Crippen LogP contribution is -2.67. The third-order valence-electron chi connectivity index (χ3n) is 4.97. The number of carbonyl (C=O) groups is 1. The topological polar surface area (TPSA) is 60.5 Å². The summed E-state index contributed by atoms with van der Waals surface area (Å²) < 4.78 is 34.2. The molecule has 0 atom stereocenters. The van der Waals surface area contributed by atoms with E-state index in [4.69, 9.17) is 4.74 Å². The Morgan fingerprint density at radius 1 is 1.35 bits per heavy atom. The first-order valence-corrected chi connectivity index (χ1v) is 7.78. The lowest BCUT2D eigenvalue weighted by Gasteiger charge is -2.50. The highest BCUT2D eigenvalue weighted by molar-refractivity contribution is 5.91. The number of alkyl halides is 2. The van der Waals surface area contributed by atoms with Gasteiger partial charge in [0.05, 0.1) is 36.6 Å². The summed E-state index contributed by atoms with van der Waals surface area (Å²) in [6.45, 7) is 1.57. The number of carbonyl (C=O) groups excluding carboxylic acids is 1. The van der Waals surface area contributed by atoms with Crippen molar-refractivity contribution in [3.05, 3.63) is 29.1 Å². The Morgan fingerprint density at radius 3 is 2.57 bits per heavy atom. The zero-order valence-electron chi connectivity index (χ0n) is 13.2. The van der Waals surface area contributed by atoms with E-state index in [0.717, 1.165) is 5.56 Å². The molecule has 126 valence electrons. The van der Waals surface area contributed by atoms with Crippen LogP contribution in [-0.4, -0.2) is 30.7 Å². The summed E-state index contributed by atoms with van der Waals surface area (Å²) in [5.74, 6) is -0.0715. The van der Waals surface area contributed by atoms with Gasteiger partial charge in [0, 0.05) is 5.56 Å². The Hall–Kier alpha value is -1.60. The van der Waals surface area contributed by atoms with Crippen LogP contribution in [0.15, 0.2) is 12.1 Å². The van der Waals surface area contributed by atoms with E-state index in [-0.39, 0.29) is 12.5 Å². The molecule has 0 radical (unpaired) electrons. The molecule has 0 aromatic carbocycles. The number of hydrogen-bond acceptors (Lipinski definition) is 4. The van der Waals surface area contributed by atoms with Crippen LogP contribution in [0.2, 0.25) is 0 Å². The van der Waals surface area contributed by atoms with Crippen LogP contribution in [0.4, 0.5) is 8.78 Å². The summed E-state index contributed by atoms with van der Waals surface area (Å²) in [6, 6.07) is 3.53. The number of nitrogens with one attached hydrogen (secondary N) is 1. The van der Waals surface area contributed by atoms with Gasteiger partial charge in [-0.15, -0.1) is 0 Å². The summed E-state index contributed by atoms with van der Waals surface area (Å²) in [4.78, 5) is 17.3. The van der Waals surface area contributed by atoms with Crippen molar-refractivity contribution in [3.8, 4) is 0 Å². The lowest BCUT2D eigenvalue weighted by molar-refractivity contribution is -0.144. The maximum atomic E-state index is 12.8. The summed E-state index contributed by atoms with van der Waals surface area (Å²) in [5.41, 5.74) is 0.727. The van der Waals surface area contributed by atoms with Crippen LogP contribution < -0.4 is 5.32 Å². The fourth-order valence-corrected chi connectivity index (χ4v) is 3.43. The predicted octanol–water partition coefficient (Wildman–Crippen LogP) is 2.23. The molecule has 1 amide bonds. The summed E-state index contributed by atoms with van der Waals surface area (Å²) in [6.07, 6.45) is 1.18.